The normalized spacial score (nSPS) is 11.5. The van der Waals surface area contributed by atoms with Crippen molar-refractivity contribution >= 4 is 11.0 Å². The van der Waals surface area contributed by atoms with Crippen LogP contribution in [0.4, 0.5) is 0 Å². The summed E-state index contributed by atoms with van der Waals surface area (Å²) in [5.41, 5.74) is 1.76. The maximum Gasteiger partial charge on any atom is 0.329 e. The van der Waals surface area contributed by atoms with Crippen LogP contribution in [0.15, 0.2) is 29.1 Å². The largest absolute Gasteiger partial charge is 0.395 e. The van der Waals surface area contributed by atoms with Gasteiger partial charge in [-0.15, -0.1) is 0 Å². The van der Waals surface area contributed by atoms with Gasteiger partial charge in [-0.05, 0) is 26.0 Å². The molecule has 1 aromatic heterocycles. The summed E-state index contributed by atoms with van der Waals surface area (Å²) in [5, 5.41) is 8.98. The highest BCUT2D eigenvalue weighted by Gasteiger charge is 2.13. The van der Waals surface area contributed by atoms with Crippen molar-refractivity contribution in [2.24, 2.45) is 0 Å². The topological polar surface area (TPSA) is 47.2 Å². The third kappa shape index (κ3) is 1.55. The number of rotatable bonds is 3. The lowest BCUT2D eigenvalue weighted by Gasteiger charge is -2.05. The summed E-state index contributed by atoms with van der Waals surface area (Å²) >= 11 is 0. The molecule has 86 valence electrons. The molecular formula is C12H16N2O2. The number of nitrogens with zero attached hydrogens (tertiary/aromatic N) is 2. The fourth-order valence-corrected chi connectivity index (χ4v) is 2.05. The number of hydrogen-bond acceptors (Lipinski definition) is 2. The zero-order valence-corrected chi connectivity index (χ0v) is 9.55. The second kappa shape index (κ2) is 4.14. The Morgan fingerprint density at radius 1 is 1.25 bits per heavy atom. The van der Waals surface area contributed by atoms with Gasteiger partial charge < -0.3 is 5.11 Å². The van der Waals surface area contributed by atoms with E-state index in [9.17, 15) is 4.79 Å². The minimum absolute atomic E-state index is 0.0218. The molecule has 2 aromatic rings. The summed E-state index contributed by atoms with van der Waals surface area (Å²) in [6.45, 7) is 4.29. The molecule has 0 fully saturated rings. The van der Waals surface area contributed by atoms with Crippen LogP contribution in [-0.2, 0) is 6.54 Å². The van der Waals surface area contributed by atoms with Crippen LogP contribution in [0, 0.1) is 0 Å². The van der Waals surface area contributed by atoms with Crippen LogP contribution in [0.5, 0.6) is 0 Å². The summed E-state index contributed by atoms with van der Waals surface area (Å²) in [6.07, 6.45) is 0. The van der Waals surface area contributed by atoms with E-state index in [0.717, 1.165) is 11.0 Å². The van der Waals surface area contributed by atoms with Gasteiger partial charge in [0.1, 0.15) is 0 Å². The fraction of sp³-hybridized carbons (Fsp3) is 0.417. The van der Waals surface area contributed by atoms with Crippen molar-refractivity contribution in [3.63, 3.8) is 0 Å². The number of fused-ring (bicyclic) bond motifs is 1. The fourth-order valence-electron chi connectivity index (χ4n) is 2.05. The van der Waals surface area contributed by atoms with E-state index in [1.165, 1.54) is 0 Å². The van der Waals surface area contributed by atoms with Gasteiger partial charge in [-0.3, -0.25) is 9.13 Å². The van der Waals surface area contributed by atoms with E-state index < -0.39 is 0 Å². The molecule has 4 nitrogen and oxygen atoms in total. The number of para-hydroxylation sites is 2. The van der Waals surface area contributed by atoms with Gasteiger partial charge in [-0.25, -0.2) is 4.79 Å². The average molecular weight is 220 g/mol. The van der Waals surface area contributed by atoms with E-state index in [1.54, 1.807) is 9.13 Å². The van der Waals surface area contributed by atoms with Crippen molar-refractivity contribution in [1.82, 2.24) is 9.13 Å². The predicted octanol–water partition coefficient (Wildman–Crippen LogP) is 1.38. The first-order chi connectivity index (χ1) is 7.66. The SMILES string of the molecule is CC(C)n1c(=O)n(CCO)c2ccccc21. The first-order valence-corrected chi connectivity index (χ1v) is 5.47. The monoisotopic (exact) mass is 220 g/mol. The molecule has 0 radical (unpaired) electrons. The highest BCUT2D eigenvalue weighted by Crippen LogP contribution is 2.16. The van der Waals surface area contributed by atoms with Crippen molar-refractivity contribution in [3.8, 4) is 0 Å². The Bertz CT molecular complexity index is 552. The molecule has 1 aromatic carbocycles. The van der Waals surface area contributed by atoms with Crippen molar-refractivity contribution in [1.29, 1.82) is 0 Å². The maximum absolute atomic E-state index is 12.1. The molecule has 1 N–H and O–H groups in total. The number of aromatic nitrogens is 2. The molecule has 0 aliphatic heterocycles. The van der Waals surface area contributed by atoms with Gasteiger partial charge >= 0.3 is 5.69 Å². The van der Waals surface area contributed by atoms with Gasteiger partial charge in [0.05, 0.1) is 24.2 Å². The van der Waals surface area contributed by atoms with E-state index in [1.807, 2.05) is 38.1 Å². The van der Waals surface area contributed by atoms with E-state index in [2.05, 4.69) is 0 Å². The Kier molecular flexibility index (Phi) is 2.83. The van der Waals surface area contributed by atoms with Crippen LogP contribution in [0.2, 0.25) is 0 Å². The van der Waals surface area contributed by atoms with E-state index in [-0.39, 0.29) is 18.3 Å². The molecule has 0 saturated carbocycles. The smallest absolute Gasteiger partial charge is 0.329 e. The lowest BCUT2D eigenvalue weighted by atomic mass is 10.3. The highest BCUT2D eigenvalue weighted by atomic mass is 16.3. The molecule has 0 amide bonds. The molecule has 0 saturated heterocycles. The van der Waals surface area contributed by atoms with Gasteiger partial charge in [-0.2, -0.15) is 0 Å². The molecule has 0 aliphatic rings. The van der Waals surface area contributed by atoms with Crippen LogP contribution in [0.25, 0.3) is 11.0 Å². The second-order valence-electron chi connectivity index (χ2n) is 4.11. The molecule has 1 heterocycles. The van der Waals surface area contributed by atoms with Crippen LogP contribution in [0.1, 0.15) is 19.9 Å². The summed E-state index contributed by atoms with van der Waals surface area (Å²) in [6, 6.07) is 7.79. The zero-order valence-electron chi connectivity index (χ0n) is 9.55. The minimum Gasteiger partial charge on any atom is -0.395 e. The molecule has 4 heteroatoms. The van der Waals surface area contributed by atoms with Crippen LogP contribution in [0.3, 0.4) is 0 Å². The Hall–Kier alpha value is -1.55. The second-order valence-corrected chi connectivity index (χ2v) is 4.11. The van der Waals surface area contributed by atoms with Crippen LogP contribution < -0.4 is 5.69 Å². The predicted molar refractivity (Wildman–Crippen MR) is 63.7 cm³/mol. The quantitative estimate of drug-likeness (QED) is 0.849. The van der Waals surface area contributed by atoms with Crippen molar-refractivity contribution in [2.45, 2.75) is 26.4 Å². The molecule has 0 bridgehead atoms. The zero-order chi connectivity index (χ0) is 11.7. The molecular weight excluding hydrogens is 204 g/mol. The van der Waals surface area contributed by atoms with Crippen molar-refractivity contribution in [2.75, 3.05) is 6.61 Å². The van der Waals surface area contributed by atoms with Crippen LogP contribution in [-0.4, -0.2) is 20.8 Å². The molecule has 16 heavy (non-hydrogen) atoms. The Balaban J connectivity index is 2.80. The summed E-state index contributed by atoms with van der Waals surface area (Å²) < 4.78 is 3.38. The summed E-state index contributed by atoms with van der Waals surface area (Å²) in [7, 11) is 0. The lowest BCUT2D eigenvalue weighted by molar-refractivity contribution is 0.275. The molecule has 0 spiro atoms. The van der Waals surface area contributed by atoms with Crippen molar-refractivity contribution in [3.05, 3.63) is 34.7 Å². The Morgan fingerprint density at radius 3 is 2.44 bits per heavy atom. The summed E-state index contributed by atoms with van der Waals surface area (Å²) in [5.74, 6) is 0. The van der Waals surface area contributed by atoms with Gasteiger partial charge in [0.25, 0.3) is 0 Å². The highest BCUT2D eigenvalue weighted by molar-refractivity contribution is 5.76. The molecule has 2 rings (SSSR count). The average Bonchev–Trinajstić information content (AvgIpc) is 2.53. The van der Waals surface area contributed by atoms with Crippen LogP contribution >= 0.6 is 0 Å². The molecule has 0 unspecified atom stereocenters. The lowest BCUT2D eigenvalue weighted by Crippen LogP contribution is -2.26. The van der Waals surface area contributed by atoms with Gasteiger partial charge in [0.15, 0.2) is 0 Å². The van der Waals surface area contributed by atoms with Gasteiger partial charge in [-0.1, -0.05) is 12.1 Å². The van der Waals surface area contributed by atoms with Gasteiger partial charge in [0.2, 0.25) is 0 Å². The minimum atomic E-state index is -0.0507. The maximum atomic E-state index is 12.1. The van der Waals surface area contributed by atoms with Crippen molar-refractivity contribution < 1.29 is 5.11 Å². The number of benzene rings is 1. The Morgan fingerprint density at radius 2 is 1.88 bits per heavy atom. The third-order valence-corrected chi connectivity index (χ3v) is 2.71. The number of hydrogen-bond donors (Lipinski definition) is 1. The number of imidazole rings is 1. The van der Waals surface area contributed by atoms with Gasteiger partial charge in [0, 0.05) is 6.04 Å². The molecule has 0 aliphatic carbocycles. The number of aliphatic hydroxyl groups excluding tert-OH is 1. The number of aliphatic hydroxyl groups is 1. The van der Waals surface area contributed by atoms with E-state index in [0.29, 0.717) is 6.54 Å². The Labute approximate surface area is 93.7 Å². The van der Waals surface area contributed by atoms with E-state index >= 15 is 0 Å². The van der Waals surface area contributed by atoms with E-state index in [4.69, 9.17) is 5.11 Å². The standard InChI is InChI=1S/C12H16N2O2/c1-9(2)14-11-6-4-3-5-10(11)13(7-8-15)12(14)16/h3-6,9,15H,7-8H2,1-2H3. The summed E-state index contributed by atoms with van der Waals surface area (Å²) in [4.78, 5) is 12.1. The first-order valence-electron chi connectivity index (χ1n) is 5.47. The molecule has 0 atom stereocenters. The third-order valence-electron chi connectivity index (χ3n) is 2.71. The first kappa shape index (κ1) is 11.0.